The number of methoxy groups -OCH3 is 1. The van der Waals surface area contributed by atoms with Crippen LogP contribution in [-0.4, -0.2) is 26.2 Å². The Hall–Kier alpha value is -3.47. The first-order valence-corrected chi connectivity index (χ1v) is 9.58. The van der Waals surface area contributed by atoms with E-state index < -0.39 is 0 Å². The van der Waals surface area contributed by atoms with Crippen LogP contribution < -0.4 is 20.1 Å². The van der Waals surface area contributed by atoms with Gasteiger partial charge in [0.2, 0.25) is 5.91 Å². The second-order valence-electron chi connectivity index (χ2n) is 6.74. The summed E-state index contributed by atoms with van der Waals surface area (Å²) in [5, 5.41) is 6.23. The maximum Gasteiger partial charge on any atom is 0.228 e. The number of benzene rings is 3. The zero-order valence-electron chi connectivity index (χ0n) is 16.8. The van der Waals surface area contributed by atoms with Gasteiger partial charge in [0.05, 0.1) is 13.5 Å². The largest absolute Gasteiger partial charge is 0.497 e. The fourth-order valence-corrected chi connectivity index (χ4v) is 2.80. The average Bonchev–Trinajstić information content (AvgIpc) is 2.74. The van der Waals surface area contributed by atoms with Crippen LogP contribution >= 0.6 is 0 Å². The minimum atomic E-state index is -0.0255. The zero-order chi connectivity index (χ0) is 20.5. The van der Waals surface area contributed by atoms with E-state index in [1.165, 1.54) is 5.56 Å². The molecule has 0 saturated carbocycles. The fraction of sp³-hybridized carbons (Fsp3) is 0.208. The molecule has 3 aromatic rings. The third-order valence-corrected chi connectivity index (χ3v) is 4.41. The van der Waals surface area contributed by atoms with Crippen molar-refractivity contribution in [3.05, 3.63) is 83.9 Å². The Morgan fingerprint density at radius 2 is 1.45 bits per heavy atom. The van der Waals surface area contributed by atoms with Crippen LogP contribution in [-0.2, 0) is 11.2 Å². The molecular weight excluding hydrogens is 364 g/mol. The number of nitrogens with one attached hydrogen (secondary N) is 2. The molecule has 2 N–H and O–H groups in total. The summed E-state index contributed by atoms with van der Waals surface area (Å²) in [6, 6.07) is 23.2. The number of hydrogen-bond acceptors (Lipinski definition) is 4. The molecule has 0 unspecified atom stereocenters. The van der Waals surface area contributed by atoms with Gasteiger partial charge in [-0.1, -0.05) is 29.8 Å². The third-order valence-electron chi connectivity index (χ3n) is 4.41. The highest BCUT2D eigenvalue weighted by Gasteiger charge is 2.04. The highest BCUT2D eigenvalue weighted by molar-refractivity contribution is 5.92. The van der Waals surface area contributed by atoms with Crippen molar-refractivity contribution in [3.8, 4) is 11.5 Å². The number of carbonyl (C=O) groups is 1. The van der Waals surface area contributed by atoms with Crippen LogP contribution in [0, 0.1) is 6.92 Å². The maximum atomic E-state index is 12.2. The van der Waals surface area contributed by atoms with Gasteiger partial charge in [0, 0.05) is 17.9 Å². The van der Waals surface area contributed by atoms with Crippen molar-refractivity contribution < 1.29 is 14.3 Å². The van der Waals surface area contributed by atoms with E-state index in [1.54, 1.807) is 7.11 Å². The number of carbonyl (C=O) groups excluding carboxylic acids is 1. The summed E-state index contributed by atoms with van der Waals surface area (Å²) in [6.07, 6.45) is 0.364. The molecule has 29 heavy (non-hydrogen) atoms. The van der Waals surface area contributed by atoms with Gasteiger partial charge in [0.1, 0.15) is 18.1 Å². The quantitative estimate of drug-likeness (QED) is 0.521. The van der Waals surface area contributed by atoms with Crippen LogP contribution in [0.3, 0.4) is 0 Å². The molecule has 0 aromatic heterocycles. The number of rotatable bonds is 9. The summed E-state index contributed by atoms with van der Waals surface area (Å²) in [6.45, 7) is 3.25. The summed E-state index contributed by atoms with van der Waals surface area (Å²) < 4.78 is 10.8. The van der Waals surface area contributed by atoms with Gasteiger partial charge in [-0.15, -0.1) is 0 Å². The summed E-state index contributed by atoms with van der Waals surface area (Å²) in [7, 11) is 1.64. The highest BCUT2D eigenvalue weighted by Crippen LogP contribution is 2.17. The number of hydrogen-bond donors (Lipinski definition) is 2. The van der Waals surface area contributed by atoms with E-state index in [9.17, 15) is 4.79 Å². The molecule has 3 aromatic carbocycles. The molecule has 0 bridgehead atoms. The second kappa shape index (κ2) is 10.2. The van der Waals surface area contributed by atoms with Gasteiger partial charge >= 0.3 is 0 Å². The maximum absolute atomic E-state index is 12.2. The first-order chi connectivity index (χ1) is 14.1. The summed E-state index contributed by atoms with van der Waals surface area (Å²) >= 11 is 0. The molecule has 0 saturated heterocycles. The minimum absolute atomic E-state index is 0.0255. The monoisotopic (exact) mass is 390 g/mol. The Morgan fingerprint density at radius 3 is 2.10 bits per heavy atom. The lowest BCUT2D eigenvalue weighted by Crippen LogP contribution is -2.14. The molecule has 0 spiro atoms. The lowest BCUT2D eigenvalue weighted by atomic mass is 10.1. The molecule has 0 aliphatic rings. The van der Waals surface area contributed by atoms with Gasteiger partial charge in [0.25, 0.3) is 0 Å². The number of aryl methyl sites for hydroxylation is 1. The first-order valence-electron chi connectivity index (χ1n) is 9.58. The van der Waals surface area contributed by atoms with Crippen molar-refractivity contribution in [1.82, 2.24) is 0 Å². The lowest BCUT2D eigenvalue weighted by Gasteiger charge is -2.10. The van der Waals surface area contributed by atoms with Gasteiger partial charge in [-0.05, 0) is 61.0 Å². The Balaban J connectivity index is 1.40. The molecule has 150 valence electrons. The Morgan fingerprint density at radius 1 is 0.828 bits per heavy atom. The van der Waals surface area contributed by atoms with Gasteiger partial charge < -0.3 is 20.1 Å². The molecular formula is C24H26N2O3. The molecule has 0 aliphatic carbocycles. The van der Waals surface area contributed by atoms with Crippen molar-refractivity contribution in [2.24, 2.45) is 0 Å². The van der Waals surface area contributed by atoms with Crippen molar-refractivity contribution in [2.75, 3.05) is 30.9 Å². The van der Waals surface area contributed by atoms with Crippen molar-refractivity contribution in [1.29, 1.82) is 0 Å². The predicted octanol–water partition coefficient (Wildman–Crippen LogP) is 4.68. The molecule has 0 radical (unpaired) electrons. The third kappa shape index (κ3) is 6.57. The summed E-state index contributed by atoms with van der Waals surface area (Å²) in [5.74, 6) is 1.59. The van der Waals surface area contributed by atoms with Crippen LogP contribution in [0.5, 0.6) is 11.5 Å². The standard InChI is InChI=1S/C24H26N2O3/c1-18-3-5-19(6-4-18)17-24(27)26-21-9-7-20(8-10-21)25-15-16-29-23-13-11-22(28-2)12-14-23/h3-14,25H,15-17H2,1-2H3,(H,26,27). The summed E-state index contributed by atoms with van der Waals surface area (Å²) in [5.41, 5.74) is 3.94. The van der Waals surface area contributed by atoms with E-state index in [1.807, 2.05) is 79.7 Å². The fourth-order valence-electron chi connectivity index (χ4n) is 2.80. The highest BCUT2D eigenvalue weighted by atomic mass is 16.5. The lowest BCUT2D eigenvalue weighted by molar-refractivity contribution is -0.115. The summed E-state index contributed by atoms with van der Waals surface area (Å²) in [4.78, 5) is 12.2. The Labute approximate surface area is 171 Å². The normalized spacial score (nSPS) is 10.3. The van der Waals surface area contributed by atoms with Crippen LogP contribution in [0.1, 0.15) is 11.1 Å². The van der Waals surface area contributed by atoms with Crippen LogP contribution in [0.25, 0.3) is 0 Å². The van der Waals surface area contributed by atoms with E-state index in [-0.39, 0.29) is 5.91 Å². The van der Waals surface area contributed by atoms with Crippen molar-refractivity contribution in [3.63, 3.8) is 0 Å². The Kier molecular flexibility index (Phi) is 7.11. The topological polar surface area (TPSA) is 59.6 Å². The van der Waals surface area contributed by atoms with E-state index in [0.717, 1.165) is 28.4 Å². The van der Waals surface area contributed by atoms with Gasteiger partial charge in [-0.25, -0.2) is 0 Å². The number of anilines is 2. The smallest absolute Gasteiger partial charge is 0.228 e. The Bertz CT molecular complexity index is 904. The van der Waals surface area contributed by atoms with Crippen molar-refractivity contribution >= 4 is 17.3 Å². The van der Waals surface area contributed by atoms with Crippen molar-refractivity contribution in [2.45, 2.75) is 13.3 Å². The molecule has 5 nitrogen and oxygen atoms in total. The van der Waals surface area contributed by atoms with Gasteiger partial charge in [-0.3, -0.25) is 4.79 Å². The van der Waals surface area contributed by atoms with E-state index in [4.69, 9.17) is 9.47 Å². The van der Waals surface area contributed by atoms with Gasteiger partial charge in [-0.2, -0.15) is 0 Å². The number of amides is 1. The van der Waals surface area contributed by atoms with Crippen LogP contribution in [0.2, 0.25) is 0 Å². The zero-order valence-corrected chi connectivity index (χ0v) is 16.8. The van der Waals surface area contributed by atoms with E-state index in [0.29, 0.717) is 19.6 Å². The van der Waals surface area contributed by atoms with E-state index in [2.05, 4.69) is 10.6 Å². The molecule has 0 fully saturated rings. The molecule has 0 atom stereocenters. The van der Waals surface area contributed by atoms with Crippen LogP contribution in [0.4, 0.5) is 11.4 Å². The van der Waals surface area contributed by atoms with E-state index >= 15 is 0 Å². The SMILES string of the molecule is COc1ccc(OCCNc2ccc(NC(=O)Cc3ccc(C)cc3)cc2)cc1. The molecule has 5 heteroatoms. The van der Waals surface area contributed by atoms with Gasteiger partial charge in [0.15, 0.2) is 0 Å². The van der Waals surface area contributed by atoms with Crippen LogP contribution in [0.15, 0.2) is 72.8 Å². The first kappa shape index (κ1) is 20.3. The predicted molar refractivity (Wildman–Crippen MR) is 117 cm³/mol. The molecule has 0 heterocycles. The number of ether oxygens (including phenoxy) is 2. The average molecular weight is 390 g/mol. The second-order valence-corrected chi connectivity index (χ2v) is 6.74. The minimum Gasteiger partial charge on any atom is -0.497 e. The molecule has 1 amide bonds. The molecule has 0 aliphatic heterocycles. The molecule has 3 rings (SSSR count).